The Morgan fingerprint density at radius 3 is 1.56 bits per heavy atom. The van der Waals surface area contributed by atoms with Crippen molar-refractivity contribution < 1.29 is 26.1 Å². The van der Waals surface area contributed by atoms with E-state index in [1.54, 1.807) is 0 Å². The van der Waals surface area contributed by atoms with Crippen LogP contribution in [0.1, 0.15) is 57.8 Å². The van der Waals surface area contributed by atoms with Gasteiger partial charge in [0.05, 0.1) is 10.1 Å². The van der Waals surface area contributed by atoms with E-state index in [1.807, 2.05) is 0 Å². The molecular weight excluding hydrogens is 269 g/mol. The Hall–Kier alpha value is -0.300. The Kier molecular flexibility index (Phi) is 8.60. The Morgan fingerprint density at radius 2 is 1.17 bits per heavy atom. The Bertz CT molecular complexity index is 299. The molecule has 0 N–H and O–H groups in total. The highest BCUT2D eigenvalue weighted by Gasteiger charge is 2.25. The highest BCUT2D eigenvalue weighted by Crippen LogP contribution is 2.23. The number of unbranched alkanes of at least 4 members (excludes halogenated alkanes) is 7. The molecule has 0 bridgehead atoms. The summed E-state index contributed by atoms with van der Waals surface area (Å²) < 4.78 is 66.2. The molecule has 0 amide bonds. The molecule has 0 saturated carbocycles. The van der Waals surface area contributed by atoms with Crippen LogP contribution in [0.2, 0.25) is 0 Å². The summed E-state index contributed by atoms with van der Waals surface area (Å²) in [6.45, 7) is 0. The minimum Gasteiger partial charge on any atom is -0.748 e. The molecule has 0 rings (SSSR count). The quantitative estimate of drug-likeness (QED) is 0.456. The Labute approximate surface area is 107 Å². The van der Waals surface area contributed by atoms with Crippen LogP contribution >= 0.6 is 0 Å². The first-order valence-corrected chi connectivity index (χ1v) is 7.79. The summed E-state index contributed by atoms with van der Waals surface area (Å²) in [7, 11) is -4.10. The highest BCUT2D eigenvalue weighted by atomic mass is 32.2. The second kappa shape index (κ2) is 8.74. The minimum absolute atomic E-state index is 0.178. The van der Waals surface area contributed by atoms with Crippen LogP contribution in [-0.2, 0) is 10.1 Å². The van der Waals surface area contributed by atoms with Gasteiger partial charge in [0, 0.05) is 12.2 Å². The first-order chi connectivity index (χ1) is 8.21. The van der Waals surface area contributed by atoms with Crippen molar-refractivity contribution in [3.63, 3.8) is 0 Å². The zero-order valence-corrected chi connectivity index (χ0v) is 11.2. The van der Waals surface area contributed by atoms with Crippen molar-refractivity contribution in [3.05, 3.63) is 0 Å². The Balaban J connectivity index is 3.17. The van der Waals surface area contributed by atoms with Crippen LogP contribution in [0.25, 0.3) is 0 Å². The van der Waals surface area contributed by atoms with E-state index in [9.17, 15) is 26.1 Å². The molecule has 0 unspecified atom stereocenters. The predicted molar refractivity (Wildman–Crippen MR) is 62.2 cm³/mol. The van der Waals surface area contributed by atoms with Gasteiger partial charge >= 0.3 is 6.18 Å². The third-order valence-corrected chi connectivity index (χ3v) is 3.39. The molecule has 0 fully saturated rings. The van der Waals surface area contributed by atoms with Crippen molar-refractivity contribution in [1.29, 1.82) is 0 Å². The normalized spacial score (nSPS) is 12.9. The molecule has 0 aliphatic rings. The van der Waals surface area contributed by atoms with E-state index in [0.717, 1.165) is 25.7 Å². The van der Waals surface area contributed by atoms with Crippen LogP contribution in [0, 0.1) is 0 Å². The SMILES string of the molecule is O=S(=O)([O-])CCCCCCCCCCC(F)(F)F. The van der Waals surface area contributed by atoms with Crippen LogP contribution in [0.15, 0.2) is 0 Å². The maximum Gasteiger partial charge on any atom is 0.389 e. The van der Waals surface area contributed by atoms with Crippen molar-refractivity contribution in [3.8, 4) is 0 Å². The first-order valence-electron chi connectivity index (χ1n) is 6.21. The molecule has 0 aromatic heterocycles. The molecule has 0 aliphatic carbocycles. The average Bonchev–Trinajstić information content (AvgIpc) is 2.17. The lowest BCUT2D eigenvalue weighted by Gasteiger charge is -2.06. The predicted octanol–water partition coefficient (Wildman–Crippen LogP) is 3.60. The van der Waals surface area contributed by atoms with Crippen molar-refractivity contribution in [1.82, 2.24) is 0 Å². The van der Waals surface area contributed by atoms with Crippen LogP contribution in [0.4, 0.5) is 13.2 Å². The molecule has 18 heavy (non-hydrogen) atoms. The third-order valence-electron chi connectivity index (χ3n) is 2.60. The van der Waals surface area contributed by atoms with E-state index in [4.69, 9.17) is 0 Å². The van der Waals surface area contributed by atoms with Gasteiger partial charge in [0.1, 0.15) is 0 Å². The zero-order chi connectivity index (χ0) is 14.1. The monoisotopic (exact) mass is 289 g/mol. The second-order valence-electron chi connectivity index (χ2n) is 4.46. The average molecular weight is 289 g/mol. The van der Waals surface area contributed by atoms with Gasteiger partial charge in [-0.25, -0.2) is 8.42 Å². The molecule has 0 aromatic carbocycles. The third kappa shape index (κ3) is 15.7. The van der Waals surface area contributed by atoms with Crippen molar-refractivity contribution >= 4 is 10.1 Å². The van der Waals surface area contributed by atoms with Gasteiger partial charge in [-0.2, -0.15) is 13.2 Å². The lowest BCUT2D eigenvalue weighted by Crippen LogP contribution is -2.06. The fourth-order valence-corrected chi connectivity index (χ4v) is 2.22. The topological polar surface area (TPSA) is 57.2 Å². The summed E-state index contributed by atoms with van der Waals surface area (Å²) in [5.74, 6) is -0.321. The zero-order valence-electron chi connectivity index (χ0n) is 10.3. The van der Waals surface area contributed by atoms with Gasteiger partial charge in [0.15, 0.2) is 0 Å². The van der Waals surface area contributed by atoms with Gasteiger partial charge in [0.2, 0.25) is 0 Å². The fraction of sp³-hybridized carbons (Fsp3) is 1.00. The lowest BCUT2D eigenvalue weighted by atomic mass is 10.1. The van der Waals surface area contributed by atoms with E-state index in [1.165, 1.54) is 0 Å². The number of alkyl halides is 3. The summed E-state index contributed by atoms with van der Waals surface area (Å²) in [5.41, 5.74) is 0. The molecule has 3 nitrogen and oxygen atoms in total. The van der Waals surface area contributed by atoms with E-state index >= 15 is 0 Å². The van der Waals surface area contributed by atoms with Crippen molar-refractivity contribution in [2.45, 2.75) is 64.0 Å². The van der Waals surface area contributed by atoms with Crippen LogP contribution in [0.5, 0.6) is 0 Å². The lowest BCUT2D eigenvalue weighted by molar-refractivity contribution is -0.135. The van der Waals surface area contributed by atoms with Gasteiger partial charge in [-0.3, -0.25) is 0 Å². The summed E-state index contributed by atoms with van der Waals surface area (Å²) in [5, 5.41) is 0. The molecular formula is C11H20F3O3S-. The molecule has 7 heteroatoms. The van der Waals surface area contributed by atoms with E-state index in [0.29, 0.717) is 19.3 Å². The number of hydrogen-bond acceptors (Lipinski definition) is 3. The van der Waals surface area contributed by atoms with Crippen molar-refractivity contribution in [2.75, 3.05) is 5.75 Å². The number of hydrogen-bond donors (Lipinski definition) is 0. The largest absolute Gasteiger partial charge is 0.748 e. The van der Waals surface area contributed by atoms with Gasteiger partial charge in [-0.1, -0.05) is 38.5 Å². The van der Waals surface area contributed by atoms with E-state index < -0.39 is 22.7 Å². The Morgan fingerprint density at radius 1 is 0.778 bits per heavy atom. The van der Waals surface area contributed by atoms with Crippen LogP contribution in [-0.4, -0.2) is 24.9 Å². The smallest absolute Gasteiger partial charge is 0.389 e. The first kappa shape index (κ1) is 17.7. The van der Waals surface area contributed by atoms with E-state index in [-0.39, 0.29) is 12.2 Å². The van der Waals surface area contributed by atoms with Crippen molar-refractivity contribution in [2.24, 2.45) is 0 Å². The summed E-state index contributed by atoms with van der Waals surface area (Å²) in [6, 6.07) is 0. The van der Waals surface area contributed by atoms with Crippen LogP contribution < -0.4 is 0 Å². The van der Waals surface area contributed by atoms with Gasteiger partial charge in [-0.15, -0.1) is 0 Å². The standard InChI is InChI=1S/C11H21F3O3S/c12-11(13,14)9-7-5-3-1-2-4-6-8-10-18(15,16)17/h1-10H2,(H,15,16,17)/p-1. The molecule has 0 radical (unpaired) electrons. The molecule has 0 heterocycles. The summed E-state index contributed by atoms with van der Waals surface area (Å²) in [4.78, 5) is 0. The molecule has 0 aromatic rings. The molecule has 0 spiro atoms. The summed E-state index contributed by atoms with van der Waals surface area (Å²) >= 11 is 0. The van der Waals surface area contributed by atoms with Gasteiger partial charge in [0.25, 0.3) is 0 Å². The highest BCUT2D eigenvalue weighted by molar-refractivity contribution is 7.85. The second-order valence-corrected chi connectivity index (χ2v) is 5.98. The van der Waals surface area contributed by atoms with E-state index in [2.05, 4.69) is 0 Å². The maximum atomic E-state index is 11.8. The van der Waals surface area contributed by atoms with Gasteiger partial charge < -0.3 is 4.55 Å². The molecule has 0 saturated heterocycles. The maximum absolute atomic E-state index is 11.8. The minimum atomic E-state index is -4.10. The molecule has 110 valence electrons. The van der Waals surface area contributed by atoms with Crippen LogP contribution in [0.3, 0.4) is 0 Å². The number of rotatable bonds is 10. The fourth-order valence-electron chi connectivity index (χ4n) is 1.66. The summed E-state index contributed by atoms with van der Waals surface area (Å²) in [6.07, 6.45) is 0.395. The molecule has 0 aliphatic heterocycles. The van der Waals surface area contributed by atoms with Gasteiger partial charge in [-0.05, 0) is 12.8 Å². The molecule has 0 atom stereocenters. The number of halogens is 3.